The van der Waals surface area contributed by atoms with Gasteiger partial charge in [-0.25, -0.2) is 19.6 Å². The molecule has 2 aromatic carbocycles. The average Bonchev–Trinajstić information content (AvgIpc) is 3.49. The molecule has 2 amide bonds. The van der Waals surface area contributed by atoms with Crippen LogP contribution in [0.1, 0.15) is 30.7 Å². The molecule has 0 saturated carbocycles. The van der Waals surface area contributed by atoms with Crippen LogP contribution in [0, 0.1) is 20.2 Å². The fourth-order valence-electron chi connectivity index (χ4n) is 3.73. The van der Waals surface area contributed by atoms with E-state index < -0.39 is 57.6 Å². The van der Waals surface area contributed by atoms with Crippen molar-refractivity contribution >= 4 is 57.3 Å². The molecule has 0 radical (unpaired) electrons. The van der Waals surface area contributed by atoms with Crippen molar-refractivity contribution in [2.45, 2.75) is 38.7 Å². The molecule has 0 aliphatic carbocycles. The van der Waals surface area contributed by atoms with Crippen LogP contribution in [0.5, 0.6) is 0 Å². The zero-order valence-electron chi connectivity index (χ0n) is 25.2. The van der Waals surface area contributed by atoms with Crippen LogP contribution in [-0.2, 0) is 51.5 Å². The summed E-state index contributed by atoms with van der Waals surface area (Å²) in [5.74, 6) is -3.25. The number of rotatable bonds is 15. The predicted octanol–water partition coefficient (Wildman–Crippen LogP) is 1.79. The number of nitrogens with two attached hydrogens (primary N) is 1. The molecule has 20 heteroatoms. The predicted molar refractivity (Wildman–Crippen MR) is 164 cm³/mol. The molecule has 0 bridgehead atoms. The van der Waals surface area contributed by atoms with E-state index >= 15 is 0 Å². The molecular weight excluding hydrogens is 658 g/mol. The lowest BCUT2D eigenvalue weighted by Crippen LogP contribution is -2.64. The first-order valence-electron chi connectivity index (χ1n) is 13.8. The van der Waals surface area contributed by atoms with Crippen molar-refractivity contribution < 1.29 is 48.2 Å². The number of ether oxygens (including phenoxy) is 2. The number of nitrogens with zero attached hydrogens (tertiary/aromatic N) is 5. The van der Waals surface area contributed by atoms with E-state index in [1.807, 2.05) is 0 Å². The number of non-ortho nitro benzene ring substituents is 2. The number of β-lactam (4-membered cyclic amide) rings is 1. The maximum absolute atomic E-state index is 13.1. The molecule has 1 atom stereocenters. The summed E-state index contributed by atoms with van der Waals surface area (Å²) in [5.41, 5.74) is 4.33. The Morgan fingerprint density at radius 2 is 1.58 bits per heavy atom. The van der Waals surface area contributed by atoms with E-state index in [4.69, 9.17) is 24.9 Å². The van der Waals surface area contributed by atoms with Gasteiger partial charge in [0.05, 0.1) is 16.4 Å². The zero-order valence-corrected chi connectivity index (χ0v) is 26.0. The van der Waals surface area contributed by atoms with Crippen molar-refractivity contribution in [3.8, 4) is 0 Å². The van der Waals surface area contributed by atoms with Crippen LogP contribution in [0.3, 0.4) is 0 Å². The van der Waals surface area contributed by atoms with Crippen molar-refractivity contribution in [3.05, 3.63) is 91.0 Å². The van der Waals surface area contributed by atoms with E-state index in [-0.39, 0.29) is 42.0 Å². The highest BCUT2D eigenvalue weighted by atomic mass is 32.1. The number of nitro benzene ring substituents is 2. The lowest BCUT2D eigenvalue weighted by Gasteiger charge is -2.36. The lowest BCUT2D eigenvalue weighted by molar-refractivity contribution is -0.385. The summed E-state index contributed by atoms with van der Waals surface area (Å²) in [5, 5.41) is 30.2. The van der Waals surface area contributed by atoms with Crippen molar-refractivity contribution in [2.24, 2.45) is 5.16 Å². The molecule has 3 aromatic rings. The second-order valence-electron chi connectivity index (χ2n) is 10.4. The minimum Gasteiger partial charge on any atom is -0.459 e. The number of amides is 2. The molecule has 1 aliphatic rings. The SMILES string of the molecule is CC(C)(ON=C(C(=O)N[C@H]1CN(OCC(=O)OCc2ccc([N+](=O)[O-])cc2)C1=O)c1csc(N)n1)C(=O)OCc1ccc([N+](=O)[O-])cc1. The quantitative estimate of drug-likeness (QED) is 0.0760. The fraction of sp³-hybridized carbons (Fsp3) is 0.286. The molecule has 1 fully saturated rings. The number of nitrogens with one attached hydrogen (secondary N) is 1. The Morgan fingerprint density at radius 1 is 1.02 bits per heavy atom. The van der Waals surface area contributed by atoms with Gasteiger partial charge in [-0.3, -0.25) is 34.7 Å². The highest BCUT2D eigenvalue weighted by Gasteiger charge is 2.41. The van der Waals surface area contributed by atoms with Gasteiger partial charge in [-0.1, -0.05) is 5.16 Å². The maximum atomic E-state index is 13.1. The zero-order chi connectivity index (χ0) is 35.0. The number of nitrogen functional groups attached to an aromatic ring is 1. The molecule has 19 nitrogen and oxygen atoms in total. The first-order valence-corrected chi connectivity index (χ1v) is 14.6. The van der Waals surface area contributed by atoms with Gasteiger partial charge in [-0.15, -0.1) is 11.3 Å². The minimum atomic E-state index is -1.71. The van der Waals surface area contributed by atoms with E-state index in [0.29, 0.717) is 11.1 Å². The standard InChI is InChI=1S/C28H27N7O12S/c1-28(2,26(39)45-13-17-5-9-19(10-6-17)35(42)43)47-32-23(21-15-48-27(29)31-21)24(37)30-20-11-33(25(20)38)46-14-22(36)44-12-16-3-7-18(8-4-16)34(40)41/h3-10,15,20H,11-14H2,1-2H3,(H2,29,31)(H,30,37)/t20-/m0/s1. The third-order valence-corrected chi connectivity index (χ3v) is 7.11. The summed E-state index contributed by atoms with van der Waals surface area (Å²) in [7, 11) is 0. The molecule has 2 heterocycles. The van der Waals surface area contributed by atoms with Gasteiger partial charge in [0, 0.05) is 29.6 Å². The van der Waals surface area contributed by atoms with Crippen LogP contribution in [0.4, 0.5) is 16.5 Å². The summed E-state index contributed by atoms with van der Waals surface area (Å²) < 4.78 is 10.3. The number of hydrogen-bond donors (Lipinski definition) is 2. The van der Waals surface area contributed by atoms with Crippen molar-refractivity contribution in [1.82, 2.24) is 15.4 Å². The minimum absolute atomic E-state index is 0.000641. The topological polar surface area (TPSA) is 258 Å². The molecule has 1 aromatic heterocycles. The van der Waals surface area contributed by atoms with Crippen molar-refractivity contribution in [1.29, 1.82) is 0 Å². The lowest BCUT2D eigenvalue weighted by atomic mass is 10.1. The summed E-state index contributed by atoms with van der Waals surface area (Å²) in [6, 6.07) is 9.70. The molecule has 1 saturated heterocycles. The number of hydroxylamine groups is 2. The van der Waals surface area contributed by atoms with E-state index in [0.717, 1.165) is 16.4 Å². The average molecular weight is 686 g/mol. The van der Waals surface area contributed by atoms with Crippen LogP contribution in [-0.4, -0.2) is 74.2 Å². The summed E-state index contributed by atoms with van der Waals surface area (Å²) in [6.45, 7) is 1.53. The van der Waals surface area contributed by atoms with Crippen LogP contribution < -0.4 is 11.1 Å². The Balaban J connectivity index is 1.28. The summed E-state index contributed by atoms with van der Waals surface area (Å²) in [4.78, 5) is 85.5. The van der Waals surface area contributed by atoms with Gasteiger partial charge in [-0.2, -0.15) is 0 Å². The number of benzene rings is 2. The number of aromatic nitrogens is 1. The second kappa shape index (κ2) is 15.0. The molecule has 252 valence electrons. The third kappa shape index (κ3) is 9.04. The molecule has 4 rings (SSSR count). The van der Waals surface area contributed by atoms with E-state index in [1.54, 1.807) is 0 Å². The largest absolute Gasteiger partial charge is 0.459 e. The number of carbonyl (C=O) groups is 4. The number of thiazole rings is 1. The van der Waals surface area contributed by atoms with Gasteiger partial charge in [0.25, 0.3) is 23.2 Å². The monoisotopic (exact) mass is 685 g/mol. The van der Waals surface area contributed by atoms with Crippen LogP contribution in [0.2, 0.25) is 0 Å². The van der Waals surface area contributed by atoms with Crippen LogP contribution in [0.15, 0.2) is 59.1 Å². The van der Waals surface area contributed by atoms with Crippen molar-refractivity contribution in [2.75, 3.05) is 18.9 Å². The van der Waals surface area contributed by atoms with Gasteiger partial charge >= 0.3 is 11.9 Å². The number of esters is 2. The van der Waals surface area contributed by atoms with Crippen LogP contribution >= 0.6 is 11.3 Å². The number of hydrogen-bond acceptors (Lipinski definition) is 16. The van der Waals surface area contributed by atoms with Crippen molar-refractivity contribution in [3.63, 3.8) is 0 Å². The molecule has 3 N–H and O–H groups in total. The molecule has 0 spiro atoms. The number of nitro groups is 2. The van der Waals surface area contributed by atoms with E-state index in [1.165, 1.54) is 67.8 Å². The molecule has 1 aliphatic heterocycles. The van der Waals surface area contributed by atoms with E-state index in [9.17, 15) is 39.4 Å². The summed E-state index contributed by atoms with van der Waals surface area (Å²) in [6.07, 6.45) is 0. The van der Waals surface area contributed by atoms with Crippen LogP contribution in [0.25, 0.3) is 0 Å². The molecule has 48 heavy (non-hydrogen) atoms. The second-order valence-corrected chi connectivity index (χ2v) is 11.3. The van der Waals surface area contributed by atoms with Gasteiger partial charge in [-0.05, 0) is 49.2 Å². The molecular formula is C28H27N7O12S. The Hall–Kier alpha value is -6.02. The smallest absolute Gasteiger partial charge is 0.353 e. The number of anilines is 1. The van der Waals surface area contributed by atoms with Gasteiger partial charge in [0.2, 0.25) is 5.60 Å². The third-order valence-electron chi connectivity index (χ3n) is 6.44. The maximum Gasteiger partial charge on any atom is 0.353 e. The molecule has 0 unspecified atom stereocenters. The first kappa shape index (κ1) is 34.8. The Bertz CT molecular complexity index is 1740. The van der Waals surface area contributed by atoms with Gasteiger partial charge in [0.15, 0.2) is 17.5 Å². The first-order chi connectivity index (χ1) is 22.7. The highest BCUT2D eigenvalue weighted by molar-refractivity contribution is 7.13. The normalized spacial score (nSPS) is 14.5. The number of carbonyl (C=O) groups excluding carboxylic acids is 4. The van der Waals surface area contributed by atoms with Gasteiger partial charge in [0.1, 0.15) is 24.9 Å². The Kier molecular flexibility index (Phi) is 10.9. The van der Waals surface area contributed by atoms with E-state index in [2.05, 4.69) is 15.5 Å². The fourth-order valence-corrected chi connectivity index (χ4v) is 4.28. The number of oxime groups is 1. The Labute approximate surface area is 274 Å². The van der Waals surface area contributed by atoms with Gasteiger partial charge < -0.3 is 25.4 Å². The Morgan fingerprint density at radius 3 is 2.08 bits per heavy atom. The highest BCUT2D eigenvalue weighted by Crippen LogP contribution is 2.19. The summed E-state index contributed by atoms with van der Waals surface area (Å²) >= 11 is 1.00.